The van der Waals surface area contributed by atoms with Gasteiger partial charge in [0.15, 0.2) is 0 Å². The van der Waals surface area contributed by atoms with Gasteiger partial charge in [-0.3, -0.25) is 5.43 Å². The Kier molecular flexibility index (Phi) is 5.46. The molecule has 0 radical (unpaired) electrons. The molecule has 0 saturated carbocycles. The Bertz CT molecular complexity index is 886. The average molecular weight is 351 g/mol. The molecule has 3 aromatic rings. The molecule has 128 valence electrons. The van der Waals surface area contributed by atoms with Crippen molar-refractivity contribution in [2.45, 2.75) is 20.8 Å². The lowest BCUT2D eigenvalue weighted by atomic mass is 10.0. The van der Waals surface area contributed by atoms with Gasteiger partial charge in [0, 0.05) is 10.9 Å². The molecule has 1 aromatic heterocycles. The summed E-state index contributed by atoms with van der Waals surface area (Å²) in [6.07, 6.45) is 1.76. The summed E-state index contributed by atoms with van der Waals surface area (Å²) < 4.78 is 5.49. The van der Waals surface area contributed by atoms with Gasteiger partial charge in [-0.2, -0.15) is 5.10 Å². The van der Waals surface area contributed by atoms with E-state index in [4.69, 9.17) is 4.74 Å². The van der Waals surface area contributed by atoms with Crippen molar-refractivity contribution in [1.29, 1.82) is 0 Å². The molecule has 0 saturated heterocycles. The number of nitrogens with one attached hydrogen (secondary N) is 1. The Morgan fingerprint density at radius 1 is 1.20 bits per heavy atom. The first-order chi connectivity index (χ1) is 12.2. The Balaban J connectivity index is 1.68. The molecule has 3 rings (SSSR count). The van der Waals surface area contributed by atoms with Crippen molar-refractivity contribution < 1.29 is 4.74 Å². The maximum atomic E-state index is 5.49. The van der Waals surface area contributed by atoms with E-state index in [1.54, 1.807) is 17.6 Å². The highest BCUT2D eigenvalue weighted by Crippen LogP contribution is 2.27. The summed E-state index contributed by atoms with van der Waals surface area (Å²) >= 11 is 1.54. The maximum absolute atomic E-state index is 5.49. The van der Waals surface area contributed by atoms with Gasteiger partial charge in [0.2, 0.25) is 5.13 Å². The van der Waals surface area contributed by atoms with Crippen molar-refractivity contribution in [3.63, 3.8) is 0 Å². The molecule has 0 atom stereocenters. The number of hydrogen-bond acceptors (Lipinski definition) is 5. The van der Waals surface area contributed by atoms with Crippen LogP contribution in [0.25, 0.3) is 11.3 Å². The summed E-state index contributed by atoms with van der Waals surface area (Å²) in [7, 11) is 0. The minimum atomic E-state index is 0.652. The third-order valence-corrected chi connectivity index (χ3v) is 4.45. The molecule has 0 fully saturated rings. The molecule has 2 aromatic carbocycles. The summed E-state index contributed by atoms with van der Waals surface area (Å²) in [6, 6.07) is 14.2. The van der Waals surface area contributed by atoms with E-state index in [0.29, 0.717) is 6.61 Å². The van der Waals surface area contributed by atoms with E-state index in [2.05, 4.69) is 47.6 Å². The monoisotopic (exact) mass is 351 g/mol. The van der Waals surface area contributed by atoms with Crippen LogP contribution in [-0.4, -0.2) is 17.8 Å². The van der Waals surface area contributed by atoms with Crippen LogP contribution in [0.1, 0.15) is 23.6 Å². The van der Waals surface area contributed by atoms with Gasteiger partial charge in [-0.05, 0) is 44.0 Å². The molecular weight excluding hydrogens is 330 g/mol. The minimum absolute atomic E-state index is 0.652. The number of aromatic nitrogens is 1. The van der Waals surface area contributed by atoms with Gasteiger partial charge in [-0.25, -0.2) is 4.98 Å². The van der Waals surface area contributed by atoms with Crippen molar-refractivity contribution in [1.82, 2.24) is 4.98 Å². The molecule has 0 bridgehead atoms. The number of benzene rings is 2. The first kappa shape index (κ1) is 17.2. The van der Waals surface area contributed by atoms with E-state index in [1.807, 2.05) is 36.6 Å². The average Bonchev–Trinajstić information content (AvgIpc) is 3.04. The van der Waals surface area contributed by atoms with Gasteiger partial charge in [0.25, 0.3) is 0 Å². The topological polar surface area (TPSA) is 46.5 Å². The van der Waals surface area contributed by atoms with Gasteiger partial charge in [0.1, 0.15) is 5.75 Å². The lowest BCUT2D eigenvalue weighted by molar-refractivity contribution is 0.340. The number of hydrazone groups is 1. The second-order valence-corrected chi connectivity index (χ2v) is 6.59. The van der Waals surface area contributed by atoms with Gasteiger partial charge < -0.3 is 4.74 Å². The Morgan fingerprint density at radius 2 is 2.08 bits per heavy atom. The van der Waals surface area contributed by atoms with Gasteiger partial charge in [-0.15, -0.1) is 11.3 Å². The van der Waals surface area contributed by atoms with Crippen molar-refractivity contribution in [2.24, 2.45) is 5.10 Å². The number of thiazole rings is 1. The predicted molar refractivity (Wildman–Crippen MR) is 106 cm³/mol. The van der Waals surface area contributed by atoms with Crippen LogP contribution in [0, 0.1) is 13.8 Å². The number of ether oxygens (including phenoxy) is 1. The van der Waals surface area contributed by atoms with Crippen LogP contribution < -0.4 is 10.2 Å². The highest BCUT2D eigenvalue weighted by atomic mass is 32.1. The van der Waals surface area contributed by atoms with Crippen molar-refractivity contribution in [2.75, 3.05) is 12.0 Å². The highest BCUT2D eigenvalue weighted by molar-refractivity contribution is 7.14. The van der Waals surface area contributed by atoms with Crippen molar-refractivity contribution in [3.8, 4) is 17.0 Å². The molecule has 5 heteroatoms. The van der Waals surface area contributed by atoms with E-state index >= 15 is 0 Å². The normalized spacial score (nSPS) is 11.0. The molecule has 1 heterocycles. The number of anilines is 1. The maximum Gasteiger partial charge on any atom is 0.203 e. The number of aryl methyl sites for hydroxylation is 2. The molecule has 0 spiro atoms. The van der Waals surface area contributed by atoms with Crippen molar-refractivity contribution >= 4 is 22.7 Å². The molecule has 25 heavy (non-hydrogen) atoms. The van der Waals surface area contributed by atoms with Crippen LogP contribution >= 0.6 is 11.3 Å². The Morgan fingerprint density at radius 3 is 2.88 bits per heavy atom. The third kappa shape index (κ3) is 4.45. The van der Waals surface area contributed by atoms with Gasteiger partial charge in [-0.1, -0.05) is 35.9 Å². The molecule has 0 aliphatic carbocycles. The van der Waals surface area contributed by atoms with Crippen LogP contribution in [0.5, 0.6) is 5.75 Å². The van der Waals surface area contributed by atoms with Crippen LogP contribution in [-0.2, 0) is 0 Å². The molecule has 1 N–H and O–H groups in total. The van der Waals surface area contributed by atoms with Crippen LogP contribution in [0.15, 0.2) is 52.9 Å². The highest BCUT2D eigenvalue weighted by Gasteiger charge is 2.06. The summed E-state index contributed by atoms with van der Waals surface area (Å²) in [5, 5.41) is 7.09. The summed E-state index contributed by atoms with van der Waals surface area (Å²) in [6.45, 7) is 6.83. The number of hydrogen-bond donors (Lipinski definition) is 1. The first-order valence-electron chi connectivity index (χ1n) is 8.21. The third-order valence-electron chi connectivity index (χ3n) is 3.70. The Labute approximate surface area is 152 Å². The zero-order chi connectivity index (χ0) is 17.6. The van der Waals surface area contributed by atoms with E-state index < -0.39 is 0 Å². The summed E-state index contributed by atoms with van der Waals surface area (Å²) in [5.74, 6) is 0.845. The van der Waals surface area contributed by atoms with E-state index in [1.165, 1.54) is 11.1 Å². The predicted octanol–water partition coefficient (Wildman–Crippen LogP) is 5.27. The number of rotatable bonds is 6. The molecule has 4 nitrogen and oxygen atoms in total. The molecule has 0 aliphatic rings. The lowest BCUT2D eigenvalue weighted by Gasteiger charge is -2.03. The fraction of sp³-hybridized carbons (Fsp3) is 0.200. The molecule has 0 amide bonds. The lowest BCUT2D eigenvalue weighted by Crippen LogP contribution is -1.93. The van der Waals surface area contributed by atoms with Crippen LogP contribution in [0.4, 0.5) is 5.13 Å². The summed E-state index contributed by atoms with van der Waals surface area (Å²) in [5.41, 5.74) is 8.59. The standard InChI is InChI=1S/C20H21N3OS/c1-4-24-17-7-5-6-16(11-17)12-21-23-20-22-19(13-25-20)18-9-8-14(2)10-15(18)3/h5-13H,4H2,1-3H3,(H,22,23)/b21-12-. The van der Waals surface area contributed by atoms with E-state index in [-0.39, 0.29) is 0 Å². The molecule has 0 aliphatic heterocycles. The second kappa shape index (κ2) is 7.94. The van der Waals surface area contributed by atoms with E-state index in [0.717, 1.165) is 27.7 Å². The number of nitrogens with zero attached hydrogens (tertiary/aromatic N) is 2. The summed E-state index contributed by atoms with van der Waals surface area (Å²) in [4.78, 5) is 4.62. The van der Waals surface area contributed by atoms with Crippen LogP contribution in [0.2, 0.25) is 0 Å². The SMILES string of the molecule is CCOc1cccc(/C=N\Nc2nc(-c3ccc(C)cc3C)cs2)c1. The van der Waals surface area contributed by atoms with Crippen LogP contribution in [0.3, 0.4) is 0 Å². The Hall–Kier alpha value is -2.66. The molecular formula is C20H21N3OS. The first-order valence-corrected chi connectivity index (χ1v) is 9.09. The molecule has 0 unspecified atom stereocenters. The zero-order valence-corrected chi connectivity index (χ0v) is 15.4. The second-order valence-electron chi connectivity index (χ2n) is 5.73. The van der Waals surface area contributed by atoms with Gasteiger partial charge >= 0.3 is 0 Å². The zero-order valence-electron chi connectivity index (χ0n) is 14.6. The van der Waals surface area contributed by atoms with Gasteiger partial charge in [0.05, 0.1) is 18.5 Å². The van der Waals surface area contributed by atoms with E-state index in [9.17, 15) is 0 Å². The smallest absolute Gasteiger partial charge is 0.203 e. The fourth-order valence-corrected chi connectivity index (χ4v) is 3.22. The largest absolute Gasteiger partial charge is 0.494 e. The minimum Gasteiger partial charge on any atom is -0.494 e. The fourth-order valence-electron chi connectivity index (χ4n) is 2.56. The quantitative estimate of drug-likeness (QED) is 0.486. The van der Waals surface area contributed by atoms with Crippen molar-refractivity contribution in [3.05, 3.63) is 64.5 Å².